The third-order valence-electron chi connectivity index (χ3n) is 5.06. The number of amides is 1. The van der Waals surface area contributed by atoms with E-state index in [0.29, 0.717) is 13.0 Å². The maximum atomic E-state index is 12.9. The number of carbonyl (C=O) groups is 1. The zero-order valence-electron chi connectivity index (χ0n) is 17.0. The lowest BCUT2D eigenvalue weighted by atomic mass is 9.87. The van der Waals surface area contributed by atoms with Crippen molar-refractivity contribution in [2.45, 2.75) is 57.4 Å². The third kappa shape index (κ3) is 4.00. The Morgan fingerprint density at radius 1 is 1.25 bits per heavy atom. The van der Waals surface area contributed by atoms with Gasteiger partial charge in [-0.2, -0.15) is 0 Å². The van der Waals surface area contributed by atoms with Crippen molar-refractivity contribution in [1.29, 1.82) is 0 Å². The Hall–Kier alpha value is -2.12. The summed E-state index contributed by atoms with van der Waals surface area (Å²) in [6, 6.07) is 8.31. The first-order valence-corrected chi connectivity index (χ1v) is 11.0. The van der Waals surface area contributed by atoms with Gasteiger partial charge in [0.05, 0.1) is 11.2 Å². The smallest absolute Gasteiger partial charge is 0.240 e. The van der Waals surface area contributed by atoms with Gasteiger partial charge in [0.25, 0.3) is 0 Å². The molecule has 152 valence electrons. The number of fused-ring (bicyclic) bond motifs is 1. The molecule has 1 amide bonds. The molecule has 7 heteroatoms. The maximum Gasteiger partial charge on any atom is 0.240 e. The first-order chi connectivity index (χ1) is 13.0. The van der Waals surface area contributed by atoms with Crippen LogP contribution in [-0.2, 0) is 26.7 Å². The molecule has 0 saturated carbocycles. The van der Waals surface area contributed by atoms with Gasteiger partial charge in [-0.1, -0.05) is 27.7 Å². The average Bonchev–Trinajstić information content (AvgIpc) is 3.19. The molecular weight excluding hydrogens is 376 g/mol. The minimum absolute atomic E-state index is 0.0487. The summed E-state index contributed by atoms with van der Waals surface area (Å²) >= 11 is 0. The second-order valence-electron chi connectivity index (χ2n) is 8.45. The van der Waals surface area contributed by atoms with Crippen LogP contribution in [0.2, 0.25) is 0 Å². The van der Waals surface area contributed by atoms with E-state index in [2.05, 4.69) is 4.72 Å². The number of hydrogen-bond acceptors (Lipinski definition) is 4. The predicted molar refractivity (Wildman–Crippen MR) is 109 cm³/mol. The Labute approximate surface area is 167 Å². The molecule has 0 aliphatic carbocycles. The molecule has 1 aliphatic rings. The first-order valence-electron chi connectivity index (χ1n) is 9.52. The highest BCUT2D eigenvalue weighted by Gasteiger charge is 2.39. The minimum atomic E-state index is -3.68. The molecule has 1 aromatic carbocycles. The van der Waals surface area contributed by atoms with E-state index in [1.165, 1.54) is 0 Å². The molecule has 28 heavy (non-hydrogen) atoms. The molecule has 2 aromatic rings. The average molecular weight is 405 g/mol. The summed E-state index contributed by atoms with van der Waals surface area (Å²) in [5.74, 6) is 0.662. The van der Waals surface area contributed by atoms with Crippen LogP contribution in [0.3, 0.4) is 0 Å². The zero-order chi connectivity index (χ0) is 20.7. The number of hydrogen-bond donors (Lipinski definition) is 1. The van der Waals surface area contributed by atoms with Crippen molar-refractivity contribution in [2.24, 2.45) is 5.92 Å². The van der Waals surface area contributed by atoms with Gasteiger partial charge in [0.15, 0.2) is 0 Å². The van der Waals surface area contributed by atoms with Crippen LogP contribution in [0.5, 0.6) is 0 Å². The van der Waals surface area contributed by atoms with Crippen molar-refractivity contribution in [2.75, 3.05) is 11.4 Å². The molecular formula is C21H28N2O4S. The van der Waals surface area contributed by atoms with Crippen LogP contribution >= 0.6 is 0 Å². The van der Waals surface area contributed by atoms with E-state index in [9.17, 15) is 13.2 Å². The van der Waals surface area contributed by atoms with Crippen LogP contribution in [0.15, 0.2) is 45.9 Å². The summed E-state index contributed by atoms with van der Waals surface area (Å²) in [4.78, 5) is 14.5. The van der Waals surface area contributed by atoms with Gasteiger partial charge in [0.2, 0.25) is 15.9 Å². The van der Waals surface area contributed by atoms with E-state index < -0.39 is 10.0 Å². The Balaban J connectivity index is 1.87. The highest BCUT2D eigenvalue weighted by molar-refractivity contribution is 7.89. The van der Waals surface area contributed by atoms with Crippen LogP contribution in [0.4, 0.5) is 5.69 Å². The lowest BCUT2D eigenvalue weighted by Gasteiger charge is -2.22. The van der Waals surface area contributed by atoms with Crippen molar-refractivity contribution in [1.82, 2.24) is 4.72 Å². The fourth-order valence-corrected chi connectivity index (χ4v) is 4.91. The van der Waals surface area contributed by atoms with E-state index in [1.54, 1.807) is 42.4 Å². The lowest BCUT2D eigenvalue weighted by Crippen LogP contribution is -2.36. The number of nitrogens with one attached hydrogen (secondary N) is 1. The molecule has 0 radical (unpaired) electrons. The molecule has 1 aliphatic heterocycles. The molecule has 3 rings (SSSR count). The van der Waals surface area contributed by atoms with E-state index in [1.807, 2.05) is 33.8 Å². The van der Waals surface area contributed by atoms with E-state index in [-0.39, 0.29) is 28.2 Å². The molecule has 1 aromatic heterocycles. The number of rotatable bonds is 6. The maximum absolute atomic E-state index is 12.9. The van der Waals surface area contributed by atoms with Gasteiger partial charge in [-0.3, -0.25) is 4.79 Å². The van der Waals surface area contributed by atoms with E-state index in [0.717, 1.165) is 17.0 Å². The summed E-state index contributed by atoms with van der Waals surface area (Å²) in [5, 5.41) is 0. The predicted octanol–water partition coefficient (Wildman–Crippen LogP) is 3.47. The van der Waals surface area contributed by atoms with Crippen LogP contribution in [0, 0.1) is 5.92 Å². The largest absolute Gasteiger partial charge is 0.469 e. The molecule has 0 saturated heterocycles. The number of carbonyl (C=O) groups excluding carboxylic acids is 1. The highest BCUT2D eigenvalue weighted by Crippen LogP contribution is 2.42. The monoisotopic (exact) mass is 404 g/mol. The number of benzene rings is 1. The van der Waals surface area contributed by atoms with Gasteiger partial charge in [0, 0.05) is 36.0 Å². The fourth-order valence-electron chi connectivity index (χ4n) is 3.64. The van der Waals surface area contributed by atoms with Gasteiger partial charge in [-0.25, -0.2) is 13.1 Å². The Morgan fingerprint density at radius 3 is 2.57 bits per heavy atom. The second kappa shape index (κ2) is 7.37. The van der Waals surface area contributed by atoms with Crippen molar-refractivity contribution in [3.8, 4) is 0 Å². The summed E-state index contributed by atoms with van der Waals surface area (Å²) < 4.78 is 33.8. The first kappa shape index (κ1) is 20.6. The summed E-state index contributed by atoms with van der Waals surface area (Å²) in [6.07, 6.45) is 2.04. The SMILES string of the molecule is CC(Cc1ccco1)NS(=O)(=O)c1ccc2c(c1)C(C)(C)CN2C(=O)C(C)C. The van der Waals surface area contributed by atoms with Crippen LogP contribution in [0.25, 0.3) is 0 Å². The van der Waals surface area contributed by atoms with Gasteiger partial charge in [-0.15, -0.1) is 0 Å². The van der Waals surface area contributed by atoms with Gasteiger partial charge in [0.1, 0.15) is 5.76 Å². The van der Waals surface area contributed by atoms with Crippen LogP contribution in [0.1, 0.15) is 45.9 Å². The van der Waals surface area contributed by atoms with Crippen molar-refractivity contribution >= 4 is 21.6 Å². The molecule has 6 nitrogen and oxygen atoms in total. The van der Waals surface area contributed by atoms with Crippen LogP contribution < -0.4 is 9.62 Å². The van der Waals surface area contributed by atoms with Gasteiger partial charge in [-0.05, 0) is 42.8 Å². The summed E-state index contributed by atoms with van der Waals surface area (Å²) in [5.41, 5.74) is 1.36. The Morgan fingerprint density at radius 2 is 1.96 bits per heavy atom. The molecule has 1 atom stereocenters. The van der Waals surface area contributed by atoms with Crippen molar-refractivity contribution in [3.63, 3.8) is 0 Å². The van der Waals surface area contributed by atoms with Gasteiger partial charge >= 0.3 is 0 Å². The molecule has 0 bridgehead atoms. The fraction of sp³-hybridized carbons (Fsp3) is 0.476. The Bertz CT molecular complexity index is 962. The van der Waals surface area contributed by atoms with E-state index in [4.69, 9.17) is 4.42 Å². The topological polar surface area (TPSA) is 79.6 Å². The molecule has 1 unspecified atom stereocenters. The summed E-state index contributed by atoms with van der Waals surface area (Å²) in [6.45, 7) is 10.2. The van der Waals surface area contributed by atoms with Crippen LogP contribution in [-0.4, -0.2) is 26.9 Å². The molecule has 1 N–H and O–H groups in total. The molecule has 2 heterocycles. The minimum Gasteiger partial charge on any atom is -0.469 e. The summed E-state index contributed by atoms with van der Waals surface area (Å²) in [7, 11) is -3.68. The third-order valence-corrected chi connectivity index (χ3v) is 6.64. The normalized spacial score (nSPS) is 17.0. The lowest BCUT2D eigenvalue weighted by molar-refractivity contribution is -0.121. The Kier molecular flexibility index (Phi) is 5.42. The highest BCUT2D eigenvalue weighted by atomic mass is 32.2. The number of sulfonamides is 1. The standard InChI is InChI=1S/C21H28N2O4S/c1-14(2)20(24)23-13-21(4,5)18-12-17(8-9-19(18)23)28(25,26)22-15(3)11-16-7-6-10-27-16/h6-10,12,14-15,22H,11,13H2,1-5H3. The molecule has 0 fully saturated rings. The van der Waals surface area contributed by atoms with E-state index >= 15 is 0 Å². The van der Waals surface area contributed by atoms with Crippen molar-refractivity contribution in [3.05, 3.63) is 47.9 Å². The van der Waals surface area contributed by atoms with Gasteiger partial charge < -0.3 is 9.32 Å². The second-order valence-corrected chi connectivity index (χ2v) is 10.2. The number of furan rings is 1. The van der Waals surface area contributed by atoms with Crippen molar-refractivity contribution < 1.29 is 17.6 Å². The zero-order valence-corrected chi connectivity index (χ0v) is 17.8. The number of anilines is 1. The molecule has 0 spiro atoms. The quantitative estimate of drug-likeness (QED) is 0.799. The number of nitrogens with zero attached hydrogens (tertiary/aromatic N) is 1.